The van der Waals surface area contributed by atoms with Crippen LogP contribution < -0.4 is 0 Å². The summed E-state index contributed by atoms with van der Waals surface area (Å²) in [5.41, 5.74) is 0. The van der Waals surface area contributed by atoms with Crippen LogP contribution in [0.15, 0.2) is 12.4 Å². The summed E-state index contributed by atoms with van der Waals surface area (Å²) < 4.78 is 60.8. The van der Waals surface area contributed by atoms with Gasteiger partial charge in [0.2, 0.25) is 10.0 Å². The summed E-state index contributed by atoms with van der Waals surface area (Å²) in [6, 6.07) is -0.212. The van der Waals surface area contributed by atoms with E-state index in [2.05, 4.69) is 10.2 Å². The number of halogens is 3. The van der Waals surface area contributed by atoms with Crippen molar-refractivity contribution in [3.8, 4) is 0 Å². The number of aromatic nitrogens is 3. The summed E-state index contributed by atoms with van der Waals surface area (Å²) in [7, 11) is -3.87. The first kappa shape index (κ1) is 14.3. The fraction of sp³-hybridized carbons (Fsp3) is 0.778. The first-order chi connectivity index (χ1) is 8.78. The maximum atomic E-state index is 12.1. The molecule has 1 aliphatic rings. The van der Waals surface area contributed by atoms with Gasteiger partial charge in [-0.1, -0.05) is 0 Å². The van der Waals surface area contributed by atoms with Crippen LogP contribution in [-0.4, -0.2) is 52.7 Å². The van der Waals surface area contributed by atoms with Crippen LogP contribution in [0.4, 0.5) is 13.2 Å². The second-order valence-corrected chi connectivity index (χ2v) is 6.42. The SMILES string of the molecule is O=S(=O)(CCC(F)(F)F)N1CCC(n2nccn2)C1. The first-order valence-corrected chi connectivity index (χ1v) is 7.29. The third-order valence-corrected chi connectivity index (χ3v) is 4.76. The molecule has 0 aromatic carbocycles. The standard InChI is InChI=1S/C9H13F3N4O2S/c10-9(11,12)2-6-19(17,18)15-5-1-8(7-15)16-13-3-4-14-16/h3-4,8H,1-2,5-7H2. The van der Waals surface area contributed by atoms with Crippen molar-refractivity contribution < 1.29 is 21.6 Å². The molecule has 0 bridgehead atoms. The minimum atomic E-state index is -4.46. The maximum absolute atomic E-state index is 12.1. The molecule has 0 amide bonds. The Morgan fingerprint density at radius 3 is 2.47 bits per heavy atom. The van der Waals surface area contributed by atoms with Crippen LogP contribution in [0, 0.1) is 0 Å². The van der Waals surface area contributed by atoms with Crippen molar-refractivity contribution >= 4 is 10.0 Å². The molecule has 1 aromatic heterocycles. The molecule has 0 spiro atoms. The van der Waals surface area contributed by atoms with Crippen LogP contribution in [0.3, 0.4) is 0 Å². The van der Waals surface area contributed by atoms with Crippen LogP contribution in [0.1, 0.15) is 18.9 Å². The van der Waals surface area contributed by atoms with Crippen LogP contribution in [0.5, 0.6) is 0 Å². The van der Waals surface area contributed by atoms with Crippen molar-refractivity contribution in [2.75, 3.05) is 18.8 Å². The van der Waals surface area contributed by atoms with E-state index < -0.39 is 28.4 Å². The zero-order valence-corrected chi connectivity index (χ0v) is 10.7. The molecule has 1 aromatic rings. The fourth-order valence-electron chi connectivity index (χ4n) is 1.94. The van der Waals surface area contributed by atoms with Gasteiger partial charge in [0.1, 0.15) is 0 Å². The molecule has 2 heterocycles. The van der Waals surface area contributed by atoms with E-state index in [0.717, 1.165) is 4.31 Å². The molecular weight excluding hydrogens is 285 g/mol. The number of alkyl halides is 3. The lowest BCUT2D eigenvalue weighted by molar-refractivity contribution is -0.130. The molecule has 108 valence electrons. The zero-order chi connectivity index (χ0) is 14.1. The molecule has 2 rings (SSSR count). The maximum Gasteiger partial charge on any atom is 0.390 e. The molecule has 1 atom stereocenters. The predicted octanol–water partition coefficient (Wildman–Crippen LogP) is 0.807. The highest BCUT2D eigenvalue weighted by Crippen LogP contribution is 2.25. The van der Waals surface area contributed by atoms with Crippen LogP contribution in [-0.2, 0) is 10.0 Å². The molecule has 0 N–H and O–H groups in total. The fourth-order valence-corrected chi connectivity index (χ4v) is 3.47. The number of sulfonamides is 1. The highest BCUT2D eigenvalue weighted by molar-refractivity contribution is 7.89. The summed E-state index contributed by atoms with van der Waals surface area (Å²) in [6.45, 7) is 0.321. The van der Waals surface area contributed by atoms with E-state index in [9.17, 15) is 21.6 Å². The predicted molar refractivity (Wildman–Crippen MR) is 59.7 cm³/mol. The van der Waals surface area contributed by atoms with Gasteiger partial charge < -0.3 is 0 Å². The van der Waals surface area contributed by atoms with Gasteiger partial charge in [-0.3, -0.25) is 0 Å². The quantitative estimate of drug-likeness (QED) is 0.825. The van der Waals surface area contributed by atoms with E-state index in [4.69, 9.17) is 0 Å². The molecule has 19 heavy (non-hydrogen) atoms. The Hall–Kier alpha value is -1.16. The Morgan fingerprint density at radius 2 is 1.89 bits per heavy atom. The van der Waals surface area contributed by atoms with Crippen molar-refractivity contribution in [1.82, 2.24) is 19.3 Å². The first-order valence-electron chi connectivity index (χ1n) is 5.68. The third kappa shape index (κ3) is 3.66. The summed E-state index contributed by atoms with van der Waals surface area (Å²) in [6.07, 6.45) is -2.34. The molecule has 1 unspecified atom stereocenters. The smallest absolute Gasteiger partial charge is 0.212 e. The molecule has 6 nitrogen and oxygen atoms in total. The summed E-state index contributed by atoms with van der Waals surface area (Å²) >= 11 is 0. The number of hydrogen-bond acceptors (Lipinski definition) is 4. The summed E-state index contributed by atoms with van der Waals surface area (Å²) in [4.78, 5) is 1.39. The highest BCUT2D eigenvalue weighted by Gasteiger charge is 2.36. The van der Waals surface area contributed by atoms with E-state index in [1.807, 2.05) is 0 Å². The van der Waals surface area contributed by atoms with Gasteiger partial charge in [-0.05, 0) is 6.42 Å². The molecule has 1 aliphatic heterocycles. The van der Waals surface area contributed by atoms with Gasteiger partial charge in [-0.25, -0.2) is 8.42 Å². The molecule has 1 fully saturated rings. The van der Waals surface area contributed by atoms with Gasteiger partial charge in [0.25, 0.3) is 0 Å². The van der Waals surface area contributed by atoms with Crippen molar-refractivity contribution in [3.05, 3.63) is 12.4 Å². The molecule has 0 saturated carbocycles. The van der Waals surface area contributed by atoms with E-state index in [0.29, 0.717) is 6.42 Å². The van der Waals surface area contributed by atoms with Crippen molar-refractivity contribution in [2.45, 2.75) is 25.1 Å². The van der Waals surface area contributed by atoms with Crippen molar-refractivity contribution in [3.63, 3.8) is 0 Å². The van der Waals surface area contributed by atoms with Gasteiger partial charge >= 0.3 is 6.18 Å². The summed E-state index contributed by atoms with van der Waals surface area (Å²) in [5.74, 6) is -0.907. The Bertz CT molecular complexity index is 514. The zero-order valence-electron chi connectivity index (χ0n) is 9.92. The lowest BCUT2D eigenvalue weighted by atomic mass is 10.3. The Labute approximate surface area is 108 Å². The number of rotatable bonds is 4. The highest BCUT2D eigenvalue weighted by atomic mass is 32.2. The van der Waals surface area contributed by atoms with Crippen LogP contribution in [0.2, 0.25) is 0 Å². The Morgan fingerprint density at radius 1 is 1.26 bits per heavy atom. The topological polar surface area (TPSA) is 68.1 Å². The number of hydrogen-bond donors (Lipinski definition) is 0. The van der Waals surface area contributed by atoms with Gasteiger partial charge in [-0.15, -0.1) is 0 Å². The van der Waals surface area contributed by atoms with E-state index in [1.165, 1.54) is 17.2 Å². The minimum absolute atomic E-state index is 0.120. The Balaban J connectivity index is 1.96. The molecule has 0 aliphatic carbocycles. The molecule has 0 radical (unpaired) electrons. The lowest BCUT2D eigenvalue weighted by Crippen LogP contribution is -2.33. The molecule has 1 saturated heterocycles. The summed E-state index contributed by atoms with van der Waals surface area (Å²) in [5, 5.41) is 7.81. The van der Waals surface area contributed by atoms with Crippen LogP contribution >= 0.6 is 0 Å². The molecule has 10 heteroatoms. The number of nitrogens with zero attached hydrogens (tertiary/aromatic N) is 4. The average Bonchev–Trinajstić information content (AvgIpc) is 2.96. The average molecular weight is 298 g/mol. The largest absolute Gasteiger partial charge is 0.390 e. The molecular formula is C9H13F3N4O2S. The lowest BCUT2D eigenvalue weighted by Gasteiger charge is -2.16. The van der Waals surface area contributed by atoms with Gasteiger partial charge in [0.15, 0.2) is 0 Å². The van der Waals surface area contributed by atoms with Gasteiger partial charge in [-0.2, -0.15) is 32.5 Å². The third-order valence-electron chi connectivity index (χ3n) is 2.93. The van der Waals surface area contributed by atoms with Crippen molar-refractivity contribution in [2.24, 2.45) is 0 Å². The van der Waals surface area contributed by atoms with Crippen molar-refractivity contribution in [1.29, 1.82) is 0 Å². The normalized spacial score (nSPS) is 21.9. The van der Waals surface area contributed by atoms with Crippen LogP contribution in [0.25, 0.3) is 0 Å². The second kappa shape index (κ2) is 5.08. The Kier molecular flexibility index (Phi) is 3.81. The van der Waals surface area contributed by atoms with E-state index in [1.54, 1.807) is 0 Å². The van der Waals surface area contributed by atoms with E-state index >= 15 is 0 Å². The van der Waals surface area contributed by atoms with Gasteiger partial charge in [0.05, 0.1) is 30.6 Å². The monoisotopic (exact) mass is 298 g/mol. The van der Waals surface area contributed by atoms with Gasteiger partial charge in [0, 0.05) is 13.1 Å². The second-order valence-electron chi connectivity index (χ2n) is 4.33. The minimum Gasteiger partial charge on any atom is -0.212 e. The van der Waals surface area contributed by atoms with E-state index in [-0.39, 0.29) is 19.1 Å².